The molecule has 0 heterocycles. The van der Waals surface area contributed by atoms with Gasteiger partial charge in [-0.3, -0.25) is 9.59 Å². The zero-order valence-corrected chi connectivity index (χ0v) is 14.4. The highest BCUT2D eigenvalue weighted by Gasteiger charge is 2.62. The summed E-state index contributed by atoms with van der Waals surface area (Å²) in [6.45, 7) is 2.04. The van der Waals surface area contributed by atoms with Crippen molar-refractivity contribution in [1.82, 2.24) is 0 Å². The molecule has 6 heteroatoms. The summed E-state index contributed by atoms with van der Waals surface area (Å²) in [5.74, 6) is -1.93. The average molecular weight is 355 g/mol. The highest BCUT2D eigenvalue weighted by molar-refractivity contribution is 5.97. The van der Waals surface area contributed by atoms with Gasteiger partial charge < -0.3 is 15.2 Å². The van der Waals surface area contributed by atoms with E-state index < -0.39 is 23.8 Å². The van der Waals surface area contributed by atoms with E-state index in [0.717, 1.165) is 6.42 Å². The summed E-state index contributed by atoms with van der Waals surface area (Å²) in [7, 11) is 0. The van der Waals surface area contributed by atoms with Gasteiger partial charge >= 0.3 is 11.9 Å². The zero-order chi connectivity index (χ0) is 18.4. The number of aliphatic carboxylic acids is 1. The molecule has 0 spiro atoms. The monoisotopic (exact) mass is 355 g/mol. The Hall–Kier alpha value is -2.63. The number of carboxylic acid groups (broad SMARTS) is 1. The number of esters is 1. The third kappa shape index (κ3) is 2.69. The molecule has 4 aliphatic carbocycles. The van der Waals surface area contributed by atoms with Crippen molar-refractivity contribution < 1.29 is 24.2 Å². The second-order valence-electron chi connectivity index (χ2n) is 7.28. The van der Waals surface area contributed by atoms with Gasteiger partial charge in [0.15, 0.2) is 0 Å². The zero-order valence-electron chi connectivity index (χ0n) is 14.4. The van der Waals surface area contributed by atoms with E-state index in [4.69, 9.17) is 4.74 Å². The van der Waals surface area contributed by atoms with Crippen LogP contribution in [-0.4, -0.2) is 29.6 Å². The summed E-state index contributed by atoms with van der Waals surface area (Å²) < 4.78 is 4.94. The van der Waals surface area contributed by atoms with E-state index in [1.54, 1.807) is 31.2 Å². The molecule has 0 radical (unpaired) electrons. The topological polar surface area (TPSA) is 92.7 Å². The van der Waals surface area contributed by atoms with Crippen LogP contribution in [0.5, 0.6) is 0 Å². The lowest BCUT2D eigenvalue weighted by atomic mass is 9.62. The first-order chi connectivity index (χ1) is 12.5. The number of carboxylic acids is 1. The molecule has 0 unspecified atom stereocenters. The standard InChI is InChI=1S/C20H21NO5/c1-2-26-20(25)10-3-5-11(6-4-10)21-18(22)16-12-7-8-13(15-9-14(12)15)17(16)19(23)24/h3-8,12-17H,2,9H2,1H3,(H,21,22)(H,23,24)/t12-,13+,14-,15+,16-,17+/m1/s1. The Kier molecular flexibility index (Phi) is 4.05. The smallest absolute Gasteiger partial charge is 0.338 e. The summed E-state index contributed by atoms with van der Waals surface area (Å²) in [5.41, 5.74) is 0.957. The first-order valence-corrected chi connectivity index (χ1v) is 9.00. The molecule has 1 aromatic rings. The van der Waals surface area contributed by atoms with Crippen LogP contribution < -0.4 is 5.32 Å². The maximum absolute atomic E-state index is 12.9. The van der Waals surface area contributed by atoms with Gasteiger partial charge in [0.1, 0.15) is 0 Å². The van der Waals surface area contributed by atoms with Gasteiger partial charge in [-0.2, -0.15) is 0 Å². The van der Waals surface area contributed by atoms with Gasteiger partial charge in [0.2, 0.25) is 5.91 Å². The molecule has 4 aliphatic rings. The van der Waals surface area contributed by atoms with E-state index in [9.17, 15) is 19.5 Å². The van der Waals surface area contributed by atoms with Gasteiger partial charge in [-0.05, 0) is 61.3 Å². The molecule has 1 amide bonds. The van der Waals surface area contributed by atoms with Crippen LogP contribution in [0.4, 0.5) is 5.69 Å². The van der Waals surface area contributed by atoms with Crippen molar-refractivity contribution in [3.8, 4) is 0 Å². The van der Waals surface area contributed by atoms with Crippen LogP contribution in [0.1, 0.15) is 23.7 Å². The van der Waals surface area contributed by atoms with Crippen molar-refractivity contribution in [1.29, 1.82) is 0 Å². The van der Waals surface area contributed by atoms with Crippen LogP contribution in [0, 0.1) is 35.5 Å². The molecule has 5 rings (SSSR count). The third-order valence-electron chi connectivity index (χ3n) is 5.90. The van der Waals surface area contributed by atoms with Crippen LogP contribution in [0.2, 0.25) is 0 Å². The number of ether oxygens (including phenoxy) is 1. The normalized spacial score (nSPS) is 33.3. The Balaban J connectivity index is 1.50. The summed E-state index contributed by atoms with van der Waals surface area (Å²) in [6.07, 6.45) is 5.05. The Morgan fingerprint density at radius 3 is 2.27 bits per heavy atom. The quantitative estimate of drug-likeness (QED) is 0.625. The molecule has 2 fully saturated rings. The van der Waals surface area contributed by atoms with Crippen molar-refractivity contribution in [2.45, 2.75) is 13.3 Å². The minimum atomic E-state index is -0.896. The van der Waals surface area contributed by atoms with Gasteiger partial charge in [-0.1, -0.05) is 12.2 Å². The molecular formula is C20H21NO5. The van der Waals surface area contributed by atoms with Crippen molar-refractivity contribution in [2.75, 3.05) is 11.9 Å². The maximum atomic E-state index is 12.9. The first-order valence-electron chi connectivity index (χ1n) is 9.00. The van der Waals surface area contributed by atoms with Gasteiger partial charge in [0.25, 0.3) is 0 Å². The minimum absolute atomic E-state index is 0.00454. The number of fused-ring (bicyclic) bond motifs is 1. The van der Waals surface area contributed by atoms with Crippen LogP contribution in [0.15, 0.2) is 36.4 Å². The molecule has 1 aromatic carbocycles. The number of nitrogens with one attached hydrogen (secondary N) is 1. The maximum Gasteiger partial charge on any atom is 0.338 e. The molecule has 0 saturated heterocycles. The molecular weight excluding hydrogens is 334 g/mol. The van der Waals surface area contributed by atoms with Crippen LogP contribution >= 0.6 is 0 Å². The van der Waals surface area contributed by atoms with E-state index in [0.29, 0.717) is 29.7 Å². The van der Waals surface area contributed by atoms with Crippen LogP contribution in [-0.2, 0) is 14.3 Å². The second kappa shape index (κ2) is 6.27. The van der Waals surface area contributed by atoms with Crippen molar-refractivity contribution in [2.24, 2.45) is 35.5 Å². The minimum Gasteiger partial charge on any atom is -0.481 e. The SMILES string of the molecule is CCOC(=O)c1ccc(NC(=O)[C@@H]2[C@@H]3C=C[C@@H]([C@@H]4C[C@H]34)[C@@H]2C(=O)O)cc1. The largest absolute Gasteiger partial charge is 0.481 e. The Bertz CT molecular complexity index is 784. The van der Waals surface area contributed by atoms with Gasteiger partial charge in [-0.25, -0.2) is 4.79 Å². The van der Waals surface area contributed by atoms with Crippen molar-refractivity contribution in [3.05, 3.63) is 42.0 Å². The lowest BCUT2D eigenvalue weighted by molar-refractivity contribution is -0.152. The average Bonchev–Trinajstić information content (AvgIpc) is 3.44. The number of amides is 1. The third-order valence-corrected chi connectivity index (χ3v) is 5.90. The van der Waals surface area contributed by atoms with Gasteiger partial charge in [-0.15, -0.1) is 0 Å². The lowest BCUT2D eigenvalue weighted by Crippen LogP contribution is -2.48. The number of anilines is 1. The fourth-order valence-corrected chi connectivity index (χ4v) is 4.70. The fraction of sp³-hybridized carbons (Fsp3) is 0.450. The molecule has 0 aromatic heterocycles. The van der Waals surface area contributed by atoms with Gasteiger partial charge in [0.05, 0.1) is 24.0 Å². The van der Waals surface area contributed by atoms with Crippen molar-refractivity contribution in [3.63, 3.8) is 0 Å². The molecule has 0 aliphatic heterocycles. The summed E-state index contributed by atoms with van der Waals surface area (Å²) >= 11 is 0. The number of carbonyl (C=O) groups is 3. The Morgan fingerprint density at radius 2 is 1.69 bits per heavy atom. The lowest BCUT2D eigenvalue weighted by Gasteiger charge is -2.41. The number of benzene rings is 1. The molecule has 2 bridgehead atoms. The summed E-state index contributed by atoms with van der Waals surface area (Å²) in [4.78, 5) is 36.3. The molecule has 6 atom stereocenters. The summed E-state index contributed by atoms with van der Waals surface area (Å²) in [6, 6.07) is 6.45. The van der Waals surface area contributed by atoms with E-state index in [1.807, 2.05) is 12.2 Å². The molecule has 26 heavy (non-hydrogen) atoms. The number of carbonyl (C=O) groups excluding carboxylic acids is 2. The highest BCUT2D eigenvalue weighted by Crippen LogP contribution is 2.63. The van der Waals surface area contributed by atoms with Crippen LogP contribution in [0.25, 0.3) is 0 Å². The van der Waals surface area contributed by atoms with E-state index in [-0.39, 0.29) is 17.7 Å². The van der Waals surface area contributed by atoms with E-state index in [2.05, 4.69) is 5.32 Å². The van der Waals surface area contributed by atoms with E-state index in [1.165, 1.54) is 0 Å². The summed E-state index contributed by atoms with van der Waals surface area (Å²) in [5, 5.41) is 12.5. The van der Waals surface area contributed by atoms with Crippen LogP contribution in [0.3, 0.4) is 0 Å². The number of rotatable bonds is 5. The molecule has 136 valence electrons. The predicted molar refractivity (Wildman–Crippen MR) is 93.4 cm³/mol. The second-order valence-corrected chi connectivity index (χ2v) is 7.28. The number of hydrogen-bond acceptors (Lipinski definition) is 4. The fourth-order valence-electron chi connectivity index (χ4n) is 4.70. The van der Waals surface area contributed by atoms with E-state index >= 15 is 0 Å². The number of hydrogen-bond donors (Lipinski definition) is 2. The molecule has 6 nitrogen and oxygen atoms in total. The Morgan fingerprint density at radius 1 is 1.08 bits per heavy atom. The molecule has 2 N–H and O–H groups in total. The highest BCUT2D eigenvalue weighted by atomic mass is 16.5. The number of allylic oxidation sites excluding steroid dienone is 2. The van der Waals surface area contributed by atoms with Gasteiger partial charge in [0, 0.05) is 5.69 Å². The predicted octanol–water partition coefficient (Wildman–Crippen LogP) is 2.57. The molecule has 2 saturated carbocycles. The van der Waals surface area contributed by atoms with Crippen molar-refractivity contribution >= 4 is 23.5 Å². The first kappa shape index (κ1) is 16.8. The Labute approximate surface area is 151 Å².